The molecule has 0 aliphatic rings. The molecule has 0 atom stereocenters. The Hall–Kier alpha value is 0.180. The normalized spacial score (nSPS) is 18.1. The van der Waals surface area contributed by atoms with Gasteiger partial charge in [-0.1, -0.05) is 0 Å². The molecule has 0 aromatic carbocycles. The van der Waals surface area contributed by atoms with Gasteiger partial charge < -0.3 is 0 Å². The molecule has 1 nitrogen and oxygen atoms in total. The summed E-state index contributed by atoms with van der Waals surface area (Å²) < 4.78 is 36.1. The first-order chi connectivity index (χ1) is 3.20. The fourth-order valence-corrected chi connectivity index (χ4v) is 0. The predicted molar refractivity (Wildman–Crippen MR) is 29.9 cm³/mol. The SMILES string of the molecule is CN(C)P(C)(F)(F)F. The third kappa shape index (κ3) is 2.48. The molecule has 0 unspecified atom stereocenters. The van der Waals surface area contributed by atoms with Crippen molar-refractivity contribution in [2.75, 3.05) is 20.8 Å². The molecule has 0 amide bonds. The van der Waals surface area contributed by atoms with Gasteiger partial charge in [-0.2, -0.15) is 0 Å². The summed E-state index contributed by atoms with van der Waals surface area (Å²) in [6.07, 6.45) is 0. The number of halogens is 3. The number of hydrogen-bond acceptors (Lipinski definition) is 1. The quantitative estimate of drug-likeness (QED) is 0.514. The molecule has 0 saturated carbocycles. The molecule has 0 radical (unpaired) electrons. The Balaban J connectivity index is 4.14. The molecule has 0 bridgehead atoms. The van der Waals surface area contributed by atoms with Gasteiger partial charge in [0.1, 0.15) is 0 Å². The topological polar surface area (TPSA) is 3.24 Å². The molecule has 0 aliphatic carbocycles. The van der Waals surface area contributed by atoms with E-state index in [-0.39, 0.29) is 0 Å². The van der Waals surface area contributed by atoms with E-state index in [1.165, 1.54) is 0 Å². The van der Waals surface area contributed by atoms with Crippen molar-refractivity contribution in [3.8, 4) is 0 Å². The Morgan fingerprint density at radius 1 is 1.12 bits per heavy atom. The number of nitrogens with zero attached hydrogens (tertiary/aromatic N) is 1. The second kappa shape index (κ2) is 1.58. The zero-order chi connectivity index (χ0) is 7.02. The summed E-state index contributed by atoms with van der Waals surface area (Å²) in [6.45, 7) is 0.339. The molecule has 5 heteroatoms. The molecule has 8 heavy (non-hydrogen) atoms. The molecule has 0 aliphatic heterocycles. The van der Waals surface area contributed by atoms with Gasteiger partial charge in [-0.15, -0.1) is 0 Å². The summed E-state index contributed by atoms with van der Waals surface area (Å²) in [5, 5.41) is 0. The van der Waals surface area contributed by atoms with E-state index < -0.39 is 7.69 Å². The van der Waals surface area contributed by atoms with Crippen LogP contribution in [0.4, 0.5) is 12.6 Å². The van der Waals surface area contributed by atoms with Crippen molar-refractivity contribution in [2.24, 2.45) is 0 Å². The van der Waals surface area contributed by atoms with Gasteiger partial charge in [-0.05, 0) is 0 Å². The van der Waals surface area contributed by atoms with Crippen molar-refractivity contribution in [3.05, 3.63) is 0 Å². The zero-order valence-electron chi connectivity index (χ0n) is 5.03. The monoisotopic (exact) mass is 147 g/mol. The van der Waals surface area contributed by atoms with Gasteiger partial charge in [0.25, 0.3) is 0 Å². The maximum absolute atomic E-state index is 11.9. The van der Waals surface area contributed by atoms with Crippen LogP contribution in [0.5, 0.6) is 0 Å². The summed E-state index contributed by atoms with van der Waals surface area (Å²) in [5.41, 5.74) is 0. The van der Waals surface area contributed by atoms with Crippen LogP contribution in [0.15, 0.2) is 0 Å². The number of hydrogen-bond donors (Lipinski definition) is 0. The van der Waals surface area contributed by atoms with Gasteiger partial charge >= 0.3 is 45.7 Å². The van der Waals surface area contributed by atoms with Crippen molar-refractivity contribution >= 4 is 7.69 Å². The van der Waals surface area contributed by atoms with E-state index in [1.54, 1.807) is 0 Å². The second-order valence-electron chi connectivity index (χ2n) is 1.97. The minimum absolute atomic E-state index is 0.339. The Bertz CT molecular complexity index is 85.2. The van der Waals surface area contributed by atoms with Crippen molar-refractivity contribution in [2.45, 2.75) is 0 Å². The van der Waals surface area contributed by atoms with Crippen LogP contribution in [0.2, 0.25) is 0 Å². The van der Waals surface area contributed by atoms with Crippen molar-refractivity contribution < 1.29 is 12.6 Å². The van der Waals surface area contributed by atoms with Gasteiger partial charge in [-0.3, -0.25) is 0 Å². The van der Waals surface area contributed by atoms with Gasteiger partial charge in [0.2, 0.25) is 0 Å². The standard InChI is InChI=1S/C3H9F3NP/c1-7(2)8(3,4,5)6/h1-3H3. The molecule has 0 rings (SSSR count). The second-order valence-corrected chi connectivity index (χ2v) is 5.02. The van der Waals surface area contributed by atoms with Crippen LogP contribution in [-0.2, 0) is 0 Å². The first kappa shape index (κ1) is 8.18. The van der Waals surface area contributed by atoms with E-state index in [0.717, 1.165) is 14.1 Å². The molecule has 0 spiro atoms. The molecule has 0 N–H and O–H groups in total. The first-order valence-corrected chi connectivity index (χ1v) is 4.36. The summed E-state index contributed by atoms with van der Waals surface area (Å²) in [7, 11) is -3.80. The fourth-order valence-electron chi connectivity index (χ4n) is 0. The van der Waals surface area contributed by atoms with Crippen LogP contribution < -0.4 is 0 Å². The molecule has 0 heterocycles. The third-order valence-electron chi connectivity index (χ3n) is 0.854. The van der Waals surface area contributed by atoms with E-state index in [1.807, 2.05) is 0 Å². The Morgan fingerprint density at radius 2 is 1.25 bits per heavy atom. The molecule has 0 fully saturated rings. The summed E-state index contributed by atoms with van der Waals surface area (Å²) >= 11 is 0. The first-order valence-electron chi connectivity index (χ1n) is 2.05. The van der Waals surface area contributed by atoms with Crippen molar-refractivity contribution in [1.29, 1.82) is 0 Å². The predicted octanol–water partition coefficient (Wildman–Crippen LogP) is 2.30. The molecule has 0 aromatic rings. The summed E-state index contributed by atoms with van der Waals surface area (Å²) in [6, 6.07) is 0. The number of rotatable bonds is 1. The zero-order valence-corrected chi connectivity index (χ0v) is 5.92. The van der Waals surface area contributed by atoms with Crippen LogP contribution in [0.1, 0.15) is 0 Å². The molecule has 0 saturated heterocycles. The summed E-state index contributed by atoms with van der Waals surface area (Å²) in [4.78, 5) is 0. The van der Waals surface area contributed by atoms with E-state index in [2.05, 4.69) is 0 Å². The van der Waals surface area contributed by atoms with Crippen molar-refractivity contribution in [3.63, 3.8) is 0 Å². The van der Waals surface area contributed by atoms with Gasteiger partial charge in [0.05, 0.1) is 0 Å². The van der Waals surface area contributed by atoms with Crippen LogP contribution >= 0.6 is 7.69 Å². The van der Waals surface area contributed by atoms with Gasteiger partial charge in [0.15, 0.2) is 0 Å². The van der Waals surface area contributed by atoms with Gasteiger partial charge in [0, 0.05) is 0 Å². The van der Waals surface area contributed by atoms with Crippen molar-refractivity contribution in [1.82, 2.24) is 4.67 Å². The molecular formula is C3H9F3NP. The fraction of sp³-hybridized carbons (Fsp3) is 1.00. The van der Waals surface area contributed by atoms with Gasteiger partial charge in [-0.25, -0.2) is 0 Å². The van der Waals surface area contributed by atoms with Crippen LogP contribution in [-0.4, -0.2) is 25.4 Å². The molecule has 0 aromatic heterocycles. The Labute approximate surface area is 46.8 Å². The van der Waals surface area contributed by atoms with Crippen LogP contribution in [0.25, 0.3) is 0 Å². The maximum atomic E-state index is 11.9. The van der Waals surface area contributed by atoms with Crippen LogP contribution in [0.3, 0.4) is 0 Å². The van der Waals surface area contributed by atoms with E-state index in [0.29, 0.717) is 11.3 Å². The van der Waals surface area contributed by atoms with E-state index >= 15 is 0 Å². The summed E-state index contributed by atoms with van der Waals surface area (Å²) in [5.74, 6) is 0. The molecule has 52 valence electrons. The minimum atomic E-state index is -5.85. The van der Waals surface area contributed by atoms with Crippen LogP contribution in [0, 0.1) is 0 Å². The van der Waals surface area contributed by atoms with E-state index in [4.69, 9.17) is 0 Å². The Morgan fingerprint density at radius 3 is 1.25 bits per heavy atom. The van der Waals surface area contributed by atoms with E-state index in [9.17, 15) is 12.6 Å². The molecular weight excluding hydrogens is 138 g/mol. The third-order valence-corrected chi connectivity index (χ3v) is 2.56. The average molecular weight is 147 g/mol. The average Bonchev–Trinajstić information content (AvgIpc) is 1.27. The Kier molecular flexibility index (Phi) is 1.61.